The number of imide groups is 1. The lowest BCUT2D eigenvalue weighted by Gasteiger charge is -2.15. The minimum atomic E-state index is -0.372. The molecule has 0 saturated carbocycles. The van der Waals surface area contributed by atoms with Crippen molar-refractivity contribution in [1.82, 2.24) is 4.90 Å². The van der Waals surface area contributed by atoms with Gasteiger partial charge in [-0.05, 0) is 31.5 Å². The molecule has 0 unspecified atom stereocenters. The highest BCUT2D eigenvalue weighted by molar-refractivity contribution is 6.37. The van der Waals surface area contributed by atoms with Crippen molar-refractivity contribution in [1.29, 1.82) is 0 Å². The quantitative estimate of drug-likeness (QED) is 0.748. The van der Waals surface area contributed by atoms with Crippen LogP contribution in [-0.4, -0.2) is 44.1 Å². The summed E-state index contributed by atoms with van der Waals surface area (Å²) in [6, 6.07) is 13.1. The first-order valence-corrected chi connectivity index (χ1v) is 9.05. The van der Waals surface area contributed by atoms with E-state index in [1.54, 1.807) is 19.2 Å². The molecule has 28 heavy (non-hydrogen) atoms. The molecule has 0 aliphatic carbocycles. The molecular formula is C22H24N2O4. The van der Waals surface area contributed by atoms with Crippen LogP contribution in [0.3, 0.4) is 0 Å². The normalized spacial score (nSPS) is 14.1. The topological polar surface area (TPSA) is 67.9 Å². The predicted octanol–water partition coefficient (Wildman–Crippen LogP) is 3.15. The van der Waals surface area contributed by atoms with Gasteiger partial charge in [0, 0.05) is 18.4 Å². The van der Waals surface area contributed by atoms with Crippen molar-refractivity contribution in [3.8, 4) is 5.75 Å². The van der Waals surface area contributed by atoms with Crippen LogP contribution in [0.2, 0.25) is 0 Å². The van der Waals surface area contributed by atoms with Crippen LogP contribution in [0.25, 0.3) is 5.57 Å². The Balaban J connectivity index is 2.11. The van der Waals surface area contributed by atoms with E-state index in [2.05, 4.69) is 5.32 Å². The highest BCUT2D eigenvalue weighted by Gasteiger charge is 2.40. The number of nitrogens with one attached hydrogen (secondary N) is 1. The summed E-state index contributed by atoms with van der Waals surface area (Å²) in [6.07, 6.45) is 0. The van der Waals surface area contributed by atoms with E-state index in [1.807, 2.05) is 44.2 Å². The van der Waals surface area contributed by atoms with Crippen LogP contribution in [0, 0.1) is 13.8 Å². The number of benzene rings is 2. The Kier molecular flexibility index (Phi) is 5.80. The van der Waals surface area contributed by atoms with Crippen molar-refractivity contribution < 1.29 is 19.1 Å². The van der Waals surface area contributed by atoms with Crippen LogP contribution in [0.5, 0.6) is 5.75 Å². The molecule has 0 saturated heterocycles. The molecule has 2 aromatic carbocycles. The van der Waals surface area contributed by atoms with E-state index in [0.717, 1.165) is 16.8 Å². The molecule has 0 spiro atoms. The monoisotopic (exact) mass is 380 g/mol. The van der Waals surface area contributed by atoms with Crippen molar-refractivity contribution in [2.75, 3.05) is 32.7 Å². The van der Waals surface area contributed by atoms with Crippen LogP contribution >= 0.6 is 0 Å². The number of para-hydroxylation sites is 1. The predicted molar refractivity (Wildman–Crippen MR) is 108 cm³/mol. The zero-order valence-electron chi connectivity index (χ0n) is 16.5. The smallest absolute Gasteiger partial charge is 0.278 e. The van der Waals surface area contributed by atoms with Gasteiger partial charge >= 0.3 is 0 Å². The van der Waals surface area contributed by atoms with E-state index in [1.165, 1.54) is 12.0 Å². The van der Waals surface area contributed by atoms with Crippen molar-refractivity contribution in [3.63, 3.8) is 0 Å². The Morgan fingerprint density at radius 1 is 1.00 bits per heavy atom. The summed E-state index contributed by atoms with van der Waals surface area (Å²) in [6.45, 7) is 4.42. The molecule has 6 nitrogen and oxygen atoms in total. The minimum absolute atomic E-state index is 0.185. The van der Waals surface area contributed by atoms with Gasteiger partial charge in [0.1, 0.15) is 11.4 Å². The van der Waals surface area contributed by atoms with E-state index in [9.17, 15) is 9.59 Å². The zero-order valence-corrected chi connectivity index (χ0v) is 16.5. The van der Waals surface area contributed by atoms with Crippen molar-refractivity contribution in [3.05, 3.63) is 64.9 Å². The van der Waals surface area contributed by atoms with E-state index in [0.29, 0.717) is 16.9 Å². The Morgan fingerprint density at radius 2 is 1.75 bits per heavy atom. The molecule has 1 heterocycles. The minimum Gasteiger partial charge on any atom is -0.496 e. The number of aryl methyl sites for hydroxylation is 2. The summed E-state index contributed by atoms with van der Waals surface area (Å²) in [5.74, 6) is -0.200. The maximum Gasteiger partial charge on any atom is 0.278 e. The van der Waals surface area contributed by atoms with Crippen LogP contribution in [-0.2, 0) is 14.3 Å². The molecular weight excluding hydrogens is 356 g/mol. The summed E-state index contributed by atoms with van der Waals surface area (Å²) < 4.78 is 10.5. The van der Waals surface area contributed by atoms with Crippen LogP contribution in [0.15, 0.2) is 48.2 Å². The maximum absolute atomic E-state index is 13.1. The largest absolute Gasteiger partial charge is 0.496 e. The Labute approximate surface area is 164 Å². The second-order valence-corrected chi connectivity index (χ2v) is 6.65. The van der Waals surface area contributed by atoms with Gasteiger partial charge in [-0.2, -0.15) is 0 Å². The van der Waals surface area contributed by atoms with Gasteiger partial charge in [-0.15, -0.1) is 0 Å². The van der Waals surface area contributed by atoms with Gasteiger partial charge in [0.05, 0.1) is 25.8 Å². The van der Waals surface area contributed by atoms with Crippen molar-refractivity contribution in [2.24, 2.45) is 0 Å². The van der Waals surface area contributed by atoms with E-state index >= 15 is 0 Å². The van der Waals surface area contributed by atoms with Gasteiger partial charge in [0.25, 0.3) is 11.8 Å². The molecule has 3 rings (SSSR count). The average molecular weight is 380 g/mol. The van der Waals surface area contributed by atoms with Gasteiger partial charge in [0.2, 0.25) is 0 Å². The zero-order chi connectivity index (χ0) is 20.3. The fourth-order valence-corrected chi connectivity index (χ4v) is 3.27. The number of methoxy groups -OCH3 is 2. The molecule has 1 N–H and O–H groups in total. The second kappa shape index (κ2) is 8.27. The SMILES string of the molecule is COCCN1C(=O)C(Nc2ccc(C)cc2C)=C(c2ccccc2OC)C1=O. The number of carbonyl (C=O) groups excluding carboxylic acids is 2. The fourth-order valence-electron chi connectivity index (χ4n) is 3.27. The number of amides is 2. The molecule has 1 aliphatic rings. The van der Waals surface area contributed by atoms with Gasteiger partial charge in [-0.3, -0.25) is 14.5 Å². The molecule has 0 bridgehead atoms. The highest BCUT2D eigenvalue weighted by atomic mass is 16.5. The maximum atomic E-state index is 13.1. The third-order valence-electron chi connectivity index (χ3n) is 4.70. The third kappa shape index (κ3) is 3.64. The molecule has 0 fully saturated rings. The van der Waals surface area contributed by atoms with Crippen LogP contribution in [0.4, 0.5) is 5.69 Å². The molecule has 1 aliphatic heterocycles. The number of hydrogen-bond donors (Lipinski definition) is 1. The summed E-state index contributed by atoms with van der Waals surface area (Å²) in [7, 11) is 3.08. The van der Waals surface area contributed by atoms with Gasteiger partial charge in [-0.25, -0.2) is 0 Å². The average Bonchev–Trinajstić information content (AvgIpc) is 2.91. The molecule has 2 amide bonds. The molecule has 0 atom stereocenters. The first-order chi connectivity index (χ1) is 13.5. The van der Waals surface area contributed by atoms with Crippen LogP contribution in [0.1, 0.15) is 16.7 Å². The molecule has 6 heteroatoms. The molecule has 146 valence electrons. The highest BCUT2D eigenvalue weighted by Crippen LogP contribution is 2.35. The van der Waals surface area contributed by atoms with Crippen LogP contribution < -0.4 is 10.1 Å². The molecule has 0 radical (unpaired) electrons. The van der Waals surface area contributed by atoms with Gasteiger partial charge in [0.15, 0.2) is 0 Å². The Bertz CT molecular complexity index is 949. The second-order valence-electron chi connectivity index (χ2n) is 6.65. The first kappa shape index (κ1) is 19.6. The summed E-state index contributed by atoms with van der Waals surface area (Å²) in [5, 5.41) is 3.19. The standard InChI is InChI=1S/C22H24N2O4/c1-14-9-10-17(15(2)13-14)23-20-19(16-7-5-6-8-18(16)28-4)21(25)24(22(20)26)11-12-27-3/h5-10,13,23H,11-12H2,1-4H3. The van der Waals surface area contributed by atoms with E-state index in [4.69, 9.17) is 9.47 Å². The number of nitrogens with zero attached hydrogens (tertiary/aromatic N) is 1. The number of ether oxygens (including phenoxy) is 2. The first-order valence-electron chi connectivity index (χ1n) is 9.05. The lowest BCUT2D eigenvalue weighted by Crippen LogP contribution is -2.35. The Hall–Kier alpha value is -3.12. The molecule has 2 aromatic rings. The van der Waals surface area contributed by atoms with E-state index < -0.39 is 0 Å². The summed E-state index contributed by atoms with van der Waals surface area (Å²) in [4.78, 5) is 27.4. The number of hydrogen-bond acceptors (Lipinski definition) is 5. The number of carbonyl (C=O) groups is 2. The fraction of sp³-hybridized carbons (Fsp3) is 0.273. The number of anilines is 1. The Morgan fingerprint density at radius 3 is 2.43 bits per heavy atom. The van der Waals surface area contributed by atoms with Crippen molar-refractivity contribution in [2.45, 2.75) is 13.8 Å². The third-order valence-corrected chi connectivity index (χ3v) is 4.70. The number of rotatable bonds is 7. The molecule has 0 aromatic heterocycles. The summed E-state index contributed by atoms with van der Waals surface area (Å²) in [5.41, 5.74) is 4.02. The van der Waals surface area contributed by atoms with E-state index in [-0.39, 0.29) is 30.7 Å². The lowest BCUT2D eigenvalue weighted by molar-refractivity contribution is -0.137. The lowest BCUT2D eigenvalue weighted by atomic mass is 10.0. The van der Waals surface area contributed by atoms with Gasteiger partial charge < -0.3 is 14.8 Å². The van der Waals surface area contributed by atoms with Gasteiger partial charge in [-0.1, -0.05) is 35.9 Å². The summed E-state index contributed by atoms with van der Waals surface area (Å²) >= 11 is 0. The van der Waals surface area contributed by atoms with Crippen molar-refractivity contribution >= 4 is 23.1 Å².